The molecule has 7 nitrogen and oxygen atoms in total. The van der Waals surface area contributed by atoms with Gasteiger partial charge in [-0.1, -0.05) is 18.2 Å². The molecule has 0 radical (unpaired) electrons. The molecule has 25 heavy (non-hydrogen) atoms. The Bertz CT molecular complexity index is 848. The van der Waals surface area contributed by atoms with Gasteiger partial charge in [0.2, 0.25) is 15.9 Å². The number of hydrogen-bond acceptors (Lipinski definition) is 4. The van der Waals surface area contributed by atoms with Crippen LogP contribution in [0, 0.1) is 27.7 Å². The lowest BCUT2D eigenvalue weighted by atomic mass is 10.1. The molecule has 0 spiro atoms. The first-order valence-corrected chi connectivity index (χ1v) is 9.49. The van der Waals surface area contributed by atoms with Crippen LogP contribution in [0.25, 0.3) is 0 Å². The van der Waals surface area contributed by atoms with Crippen molar-refractivity contribution in [2.75, 3.05) is 18.0 Å². The molecule has 0 aliphatic rings. The number of aromatic amines is 1. The Morgan fingerprint density at radius 1 is 1.20 bits per heavy atom. The number of hydrogen-bond donors (Lipinski definition) is 2. The fourth-order valence-electron chi connectivity index (χ4n) is 2.96. The molecule has 1 aromatic carbocycles. The zero-order chi connectivity index (χ0) is 18.8. The van der Waals surface area contributed by atoms with Gasteiger partial charge in [-0.25, -0.2) is 13.1 Å². The average Bonchev–Trinajstić information content (AvgIpc) is 2.84. The third-order valence-corrected chi connectivity index (χ3v) is 5.77. The zero-order valence-electron chi connectivity index (χ0n) is 15.2. The number of anilines is 1. The third kappa shape index (κ3) is 4.08. The molecule has 8 heteroatoms. The highest BCUT2D eigenvalue weighted by Crippen LogP contribution is 2.24. The van der Waals surface area contributed by atoms with Crippen molar-refractivity contribution in [1.82, 2.24) is 14.9 Å². The molecule has 2 aromatic rings. The van der Waals surface area contributed by atoms with Gasteiger partial charge in [0.15, 0.2) is 0 Å². The van der Waals surface area contributed by atoms with Gasteiger partial charge in [0.25, 0.3) is 0 Å². The molecule has 1 heterocycles. The van der Waals surface area contributed by atoms with E-state index < -0.39 is 10.0 Å². The first-order valence-electron chi connectivity index (χ1n) is 8.00. The van der Waals surface area contributed by atoms with Crippen LogP contribution in [0.1, 0.15) is 29.4 Å². The maximum Gasteiger partial charge on any atom is 0.244 e. The standard InChI is InChI=1S/C17H24N4O3S/c1-11-7-6-8-12(2)16(11)21(15(5)22)10-9-18-25(23,24)17-13(3)19-20-14(17)4/h6-8,18H,9-10H2,1-5H3,(H,19,20). The summed E-state index contributed by atoms with van der Waals surface area (Å²) in [5.41, 5.74) is 3.68. The third-order valence-electron chi connectivity index (χ3n) is 4.05. The maximum atomic E-state index is 12.5. The van der Waals surface area contributed by atoms with E-state index in [4.69, 9.17) is 0 Å². The SMILES string of the molecule is CC(=O)N(CCNS(=O)(=O)c1c(C)n[nH]c1C)c1c(C)cccc1C. The molecule has 1 aromatic heterocycles. The quantitative estimate of drug-likeness (QED) is 0.819. The molecule has 136 valence electrons. The van der Waals surface area contributed by atoms with Crippen LogP contribution >= 0.6 is 0 Å². The molecule has 0 bridgehead atoms. The molecule has 0 aliphatic carbocycles. The van der Waals surface area contributed by atoms with Crippen molar-refractivity contribution in [3.05, 3.63) is 40.7 Å². The molecule has 0 saturated heterocycles. The van der Waals surface area contributed by atoms with E-state index in [1.807, 2.05) is 32.0 Å². The summed E-state index contributed by atoms with van der Waals surface area (Å²) in [6.45, 7) is 8.99. The van der Waals surface area contributed by atoms with E-state index in [1.165, 1.54) is 6.92 Å². The molecule has 0 unspecified atom stereocenters. The van der Waals surface area contributed by atoms with E-state index in [2.05, 4.69) is 14.9 Å². The Kier molecular flexibility index (Phi) is 5.64. The van der Waals surface area contributed by atoms with Crippen LogP contribution in [0.2, 0.25) is 0 Å². The van der Waals surface area contributed by atoms with E-state index in [1.54, 1.807) is 18.7 Å². The largest absolute Gasteiger partial charge is 0.311 e. The number of para-hydroxylation sites is 1. The number of sulfonamides is 1. The fourth-order valence-corrected chi connectivity index (χ4v) is 4.35. The summed E-state index contributed by atoms with van der Waals surface area (Å²) >= 11 is 0. The minimum atomic E-state index is -3.68. The summed E-state index contributed by atoms with van der Waals surface area (Å²) in [7, 11) is -3.68. The number of amides is 1. The summed E-state index contributed by atoms with van der Waals surface area (Å²) in [4.78, 5) is 13.8. The number of nitrogens with zero attached hydrogens (tertiary/aromatic N) is 2. The molecule has 2 rings (SSSR count). The van der Waals surface area contributed by atoms with Crippen molar-refractivity contribution >= 4 is 21.6 Å². The second kappa shape index (κ2) is 7.37. The Morgan fingerprint density at radius 2 is 1.80 bits per heavy atom. The lowest BCUT2D eigenvalue weighted by molar-refractivity contribution is -0.116. The average molecular weight is 364 g/mol. The lowest BCUT2D eigenvalue weighted by Gasteiger charge is -2.25. The highest BCUT2D eigenvalue weighted by molar-refractivity contribution is 7.89. The van der Waals surface area contributed by atoms with Crippen molar-refractivity contribution in [3.63, 3.8) is 0 Å². The van der Waals surface area contributed by atoms with E-state index >= 15 is 0 Å². The minimum absolute atomic E-state index is 0.111. The Hall–Kier alpha value is -2.19. The van der Waals surface area contributed by atoms with Crippen LogP contribution < -0.4 is 9.62 Å². The molecular weight excluding hydrogens is 340 g/mol. The van der Waals surface area contributed by atoms with E-state index in [0.717, 1.165) is 16.8 Å². The predicted molar refractivity (Wildman–Crippen MR) is 97.2 cm³/mol. The topological polar surface area (TPSA) is 95.2 Å². The fraction of sp³-hybridized carbons (Fsp3) is 0.412. The van der Waals surface area contributed by atoms with Crippen LogP contribution in [0.5, 0.6) is 0 Å². The summed E-state index contributed by atoms with van der Waals surface area (Å²) in [6, 6.07) is 5.79. The second-order valence-electron chi connectivity index (χ2n) is 6.07. The number of carbonyl (C=O) groups excluding carboxylic acids is 1. The van der Waals surface area contributed by atoms with Crippen molar-refractivity contribution in [2.45, 2.75) is 39.5 Å². The molecule has 0 aliphatic heterocycles. The van der Waals surface area contributed by atoms with Gasteiger partial charge in [0, 0.05) is 25.7 Å². The lowest BCUT2D eigenvalue weighted by Crippen LogP contribution is -2.38. The number of H-pyrrole nitrogens is 1. The smallest absolute Gasteiger partial charge is 0.244 e. The van der Waals surface area contributed by atoms with Gasteiger partial charge in [-0.2, -0.15) is 5.10 Å². The highest BCUT2D eigenvalue weighted by atomic mass is 32.2. The zero-order valence-corrected chi connectivity index (χ0v) is 16.0. The van der Waals surface area contributed by atoms with Crippen LogP contribution in [-0.2, 0) is 14.8 Å². The summed E-state index contributed by atoms with van der Waals surface area (Å²) in [5, 5.41) is 6.58. The first-order chi connectivity index (χ1) is 11.6. The van der Waals surface area contributed by atoms with E-state index in [9.17, 15) is 13.2 Å². The molecule has 0 atom stereocenters. The number of benzene rings is 1. The normalized spacial score (nSPS) is 11.6. The number of rotatable bonds is 6. The highest BCUT2D eigenvalue weighted by Gasteiger charge is 2.23. The van der Waals surface area contributed by atoms with Crippen molar-refractivity contribution < 1.29 is 13.2 Å². The van der Waals surface area contributed by atoms with Crippen molar-refractivity contribution in [3.8, 4) is 0 Å². The maximum absolute atomic E-state index is 12.5. The van der Waals surface area contributed by atoms with Crippen molar-refractivity contribution in [1.29, 1.82) is 0 Å². The van der Waals surface area contributed by atoms with Crippen LogP contribution in [0.15, 0.2) is 23.1 Å². The van der Waals surface area contributed by atoms with Gasteiger partial charge in [-0.15, -0.1) is 0 Å². The van der Waals surface area contributed by atoms with Gasteiger partial charge < -0.3 is 4.90 Å². The second-order valence-corrected chi connectivity index (χ2v) is 7.78. The number of aryl methyl sites for hydroxylation is 4. The van der Waals surface area contributed by atoms with Crippen LogP contribution in [0.3, 0.4) is 0 Å². The van der Waals surface area contributed by atoms with Gasteiger partial charge in [0.1, 0.15) is 4.90 Å². The van der Waals surface area contributed by atoms with E-state index in [-0.39, 0.29) is 23.9 Å². The summed E-state index contributed by atoms with van der Waals surface area (Å²) in [5.74, 6) is -0.132. The monoisotopic (exact) mass is 364 g/mol. The Balaban J connectivity index is 2.17. The number of aromatic nitrogens is 2. The summed E-state index contributed by atoms with van der Waals surface area (Å²) < 4.78 is 27.5. The van der Waals surface area contributed by atoms with Gasteiger partial charge in [-0.3, -0.25) is 9.89 Å². The van der Waals surface area contributed by atoms with Gasteiger partial charge >= 0.3 is 0 Å². The van der Waals surface area contributed by atoms with E-state index in [0.29, 0.717) is 11.4 Å². The summed E-state index contributed by atoms with van der Waals surface area (Å²) in [6.07, 6.45) is 0. The molecular formula is C17H24N4O3S. The molecule has 1 amide bonds. The molecule has 0 fully saturated rings. The minimum Gasteiger partial charge on any atom is -0.311 e. The van der Waals surface area contributed by atoms with Crippen LogP contribution in [-0.4, -0.2) is 37.6 Å². The predicted octanol–water partition coefficient (Wildman–Crippen LogP) is 1.97. The first kappa shape index (κ1) is 19.1. The molecule has 2 N–H and O–H groups in total. The number of nitrogens with one attached hydrogen (secondary N) is 2. The molecule has 0 saturated carbocycles. The van der Waals surface area contributed by atoms with Crippen LogP contribution in [0.4, 0.5) is 5.69 Å². The Morgan fingerprint density at radius 3 is 2.28 bits per heavy atom. The number of carbonyl (C=O) groups is 1. The Labute approximate surface area is 148 Å². The van der Waals surface area contributed by atoms with Crippen molar-refractivity contribution in [2.24, 2.45) is 0 Å². The van der Waals surface area contributed by atoms with Gasteiger partial charge in [0.05, 0.1) is 11.4 Å². The van der Waals surface area contributed by atoms with Gasteiger partial charge in [-0.05, 0) is 38.8 Å².